The predicted octanol–water partition coefficient (Wildman–Crippen LogP) is 2.39. The third kappa shape index (κ3) is 5.04. The summed E-state index contributed by atoms with van der Waals surface area (Å²) in [5, 5.41) is 3.77. The molecule has 1 aromatic heterocycles. The van der Waals surface area contributed by atoms with Gasteiger partial charge in [0.2, 0.25) is 0 Å². The third-order valence-electron chi connectivity index (χ3n) is 2.47. The van der Waals surface area contributed by atoms with Crippen LogP contribution >= 0.6 is 10.7 Å². The smallest absolute Gasteiger partial charge is 0.264 e. The molecule has 0 saturated heterocycles. The average molecular weight is 317 g/mol. The zero-order valence-corrected chi connectivity index (χ0v) is 12.1. The van der Waals surface area contributed by atoms with Gasteiger partial charge in [-0.3, -0.25) is 4.68 Å². The van der Waals surface area contributed by atoms with E-state index in [1.165, 1.54) is 0 Å². The normalized spacial score (nSPS) is 14.0. The van der Waals surface area contributed by atoms with Crippen molar-refractivity contribution in [1.82, 2.24) is 9.78 Å². The van der Waals surface area contributed by atoms with E-state index in [1.54, 1.807) is 0 Å². The Morgan fingerprint density at radius 3 is 2.63 bits per heavy atom. The lowest BCUT2D eigenvalue weighted by atomic mass is 10.3. The van der Waals surface area contributed by atoms with Gasteiger partial charge < -0.3 is 4.74 Å². The first kappa shape index (κ1) is 16.3. The summed E-state index contributed by atoms with van der Waals surface area (Å²) in [7, 11) is 1.20. The Labute approximate surface area is 114 Å². The first-order valence-corrected chi connectivity index (χ1v) is 7.95. The molecule has 0 radical (unpaired) electrons. The second kappa shape index (κ2) is 6.62. The molecular weight excluding hydrogens is 302 g/mol. The minimum Gasteiger partial charge on any atom is -0.372 e. The van der Waals surface area contributed by atoms with Crippen LogP contribution < -0.4 is 0 Å². The van der Waals surface area contributed by atoms with Crippen molar-refractivity contribution in [3.63, 3.8) is 0 Å². The van der Waals surface area contributed by atoms with Gasteiger partial charge in [0.25, 0.3) is 15.5 Å². The fourth-order valence-corrected chi connectivity index (χ4v) is 2.34. The van der Waals surface area contributed by atoms with Crippen LogP contribution in [0.15, 0.2) is 11.1 Å². The molecule has 19 heavy (non-hydrogen) atoms. The predicted molar refractivity (Wildman–Crippen MR) is 65.8 cm³/mol. The van der Waals surface area contributed by atoms with Crippen molar-refractivity contribution in [2.45, 2.75) is 50.8 Å². The van der Waals surface area contributed by atoms with Crippen LogP contribution in [0.3, 0.4) is 0 Å². The first-order chi connectivity index (χ1) is 8.74. The number of nitrogens with zero attached hydrogens (tertiary/aromatic N) is 2. The SMILES string of the molecule is CCC(C)OCc1nn(CC(F)F)cc1S(=O)(=O)Cl. The molecule has 0 saturated carbocycles. The minimum absolute atomic E-state index is 0.0379. The first-order valence-electron chi connectivity index (χ1n) is 5.64. The number of halogens is 3. The van der Waals surface area contributed by atoms with Gasteiger partial charge in [0.05, 0.1) is 12.7 Å². The molecule has 1 rings (SSSR count). The molecule has 0 N–H and O–H groups in total. The lowest BCUT2D eigenvalue weighted by Crippen LogP contribution is -2.09. The highest BCUT2D eigenvalue weighted by Crippen LogP contribution is 2.21. The number of rotatable bonds is 7. The Morgan fingerprint density at radius 2 is 2.16 bits per heavy atom. The van der Waals surface area contributed by atoms with Crippen LogP contribution in [0.2, 0.25) is 0 Å². The monoisotopic (exact) mass is 316 g/mol. The van der Waals surface area contributed by atoms with E-state index in [0.717, 1.165) is 17.3 Å². The Bertz CT molecular complexity index is 519. The molecule has 0 amide bonds. The summed E-state index contributed by atoms with van der Waals surface area (Å²) in [6.45, 7) is 2.93. The van der Waals surface area contributed by atoms with Crippen LogP contribution in [0.4, 0.5) is 8.78 Å². The number of alkyl halides is 2. The Kier molecular flexibility index (Phi) is 5.69. The van der Waals surface area contributed by atoms with Gasteiger partial charge in [-0.15, -0.1) is 0 Å². The van der Waals surface area contributed by atoms with Gasteiger partial charge >= 0.3 is 0 Å². The molecule has 0 aliphatic carbocycles. The number of aromatic nitrogens is 2. The van der Waals surface area contributed by atoms with Gasteiger partial charge in [-0.25, -0.2) is 17.2 Å². The van der Waals surface area contributed by atoms with Crippen LogP contribution in [0, 0.1) is 0 Å². The van der Waals surface area contributed by atoms with Gasteiger partial charge in [0.15, 0.2) is 0 Å². The minimum atomic E-state index is -4.04. The highest BCUT2D eigenvalue weighted by molar-refractivity contribution is 8.13. The molecule has 0 aromatic carbocycles. The molecule has 9 heteroatoms. The van der Waals surface area contributed by atoms with Gasteiger partial charge in [0.1, 0.15) is 17.1 Å². The zero-order chi connectivity index (χ0) is 14.6. The van der Waals surface area contributed by atoms with Crippen molar-refractivity contribution < 1.29 is 21.9 Å². The van der Waals surface area contributed by atoms with E-state index in [-0.39, 0.29) is 23.3 Å². The third-order valence-corrected chi connectivity index (χ3v) is 3.83. The fourth-order valence-electron chi connectivity index (χ4n) is 1.32. The van der Waals surface area contributed by atoms with Crippen LogP contribution in [0.25, 0.3) is 0 Å². The summed E-state index contributed by atoms with van der Waals surface area (Å²) in [6.07, 6.45) is -0.995. The van der Waals surface area contributed by atoms with Crippen LogP contribution in [-0.2, 0) is 26.9 Å². The van der Waals surface area contributed by atoms with Crippen molar-refractivity contribution >= 4 is 19.7 Å². The van der Waals surface area contributed by atoms with Crippen LogP contribution in [0.1, 0.15) is 26.0 Å². The van der Waals surface area contributed by atoms with Crippen LogP contribution in [0.5, 0.6) is 0 Å². The molecule has 0 bridgehead atoms. The highest BCUT2D eigenvalue weighted by atomic mass is 35.7. The van der Waals surface area contributed by atoms with Crippen molar-refractivity contribution in [2.75, 3.05) is 0 Å². The second-order valence-electron chi connectivity index (χ2n) is 4.02. The number of hydrogen-bond acceptors (Lipinski definition) is 4. The molecule has 0 aliphatic rings. The quantitative estimate of drug-likeness (QED) is 0.725. The van der Waals surface area contributed by atoms with Crippen molar-refractivity contribution in [3.8, 4) is 0 Å². The molecule has 1 unspecified atom stereocenters. The summed E-state index contributed by atoms with van der Waals surface area (Å²) in [4.78, 5) is -0.293. The molecule has 1 heterocycles. The molecule has 1 aromatic rings. The van der Waals surface area contributed by atoms with E-state index in [9.17, 15) is 17.2 Å². The zero-order valence-electron chi connectivity index (χ0n) is 10.5. The van der Waals surface area contributed by atoms with Gasteiger partial charge in [0, 0.05) is 16.9 Å². The molecule has 0 spiro atoms. The van der Waals surface area contributed by atoms with E-state index < -0.39 is 22.0 Å². The van der Waals surface area contributed by atoms with Crippen molar-refractivity contribution in [2.24, 2.45) is 0 Å². The van der Waals surface area contributed by atoms with Gasteiger partial charge in [-0.2, -0.15) is 5.10 Å². The summed E-state index contributed by atoms with van der Waals surface area (Å²) >= 11 is 0. The standard InChI is InChI=1S/C10H15ClF2N2O3S/c1-3-7(2)18-6-8-9(19(11,16)17)4-15(14-8)5-10(12)13/h4,7,10H,3,5-6H2,1-2H3. The van der Waals surface area contributed by atoms with Crippen molar-refractivity contribution in [3.05, 3.63) is 11.9 Å². The lowest BCUT2D eigenvalue weighted by molar-refractivity contribution is 0.0470. The maximum atomic E-state index is 12.3. The number of ether oxygens (including phenoxy) is 1. The molecule has 5 nitrogen and oxygen atoms in total. The van der Waals surface area contributed by atoms with E-state index >= 15 is 0 Å². The Hall–Kier alpha value is -0.730. The Balaban J connectivity index is 2.96. The van der Waals surface area contributed by atoms with Gasteiger partial charge in [-0.05, 0) is 13.3 Å². The summed E-state index contributed by atoms with van der Waals surface area (Å²) in [5.74, 6) is 0. The fraction of sp³-hybridized carbons (Fsp3) is 0.700. The van der Waals surface area contributed by atoms with E-state index in [2.05, 4.69) is 5.10 Å². The molecular formula is C10H15ClF2N2O3S. The van der Waals surface area contributed by atoms with E-state index in [0.29, 0.717) is 0 Å². The maximum absolute atomic E-state index is 12.3. The maximum Gasteiger partial charge on any atom is 0.264 e. The van der Waals surface area contributed by atoms with Crippen LogP contribution in [-0.4, -0.2) is 30.7 Å². The summed E-state index contributed by atoms with van der Waals surface area (Å²) < 4.78 is 53.4. The van der Waals surface area contributed by atoms with Gasteiger partial charge in [-0.1, -0.05) is 6.92 Å². The van der Waals surface area contributed by atoms with E-state index in [1.807, 2.05) is 13.8 Å². The second-order valence-corrected chi connectivity index (χ2v) is 6.56. The highest BCUT2D eigenvalue weighted by Gasteiger charge is 2.22. The number of hydrogen-bond donors (Lipinski definition) is 0. The van der Waals surface area contributed by atoms with E-state index in [4.69, 9.17) is 15.4 Å². The average Bonchev–Trinajstić information content (AvgIpc) is 2.67. The lowest BCUT2D eigenvalue weighted by Gasteiger charge is -2.09. The summed E-state index contributed by atoms with van der Waals surface area (Å²) in [6, 6.07) is 0. The topological polar surface area (TPSA) is 61.2 Å². The molecule has 1 atom stereocenters. The molecule has 110 valence electrons. The molecule has 0 aliphatic heterocycles. The summed E-state index contributed by atoms with van der Waals surface area (Å²) in [5.41, 5.74) is 0.0379. The van der Waals surface area contributed by atoms with Crippen molar-refractivity contribution in [1.29, 1.82) is 0 Å². The largest absolute Gasteiger partial charge is 0.372 e. The molecule has 0 fully saturated rings. The Morgan fingerprint density at radius 1 is 1.53 bits per heavy atom.